The lowest BCUT2D eigenvalue weighted by Gasteiger charge is -2.01. The van der Waals surface area contributed by atoms with Crippen LogP contribution in [0.2, 0.25) is 0 Å². The van der Waals surface area contributed by atoms with Gasteiger partial charge in [0.25, 0.3) is 0 Å². The Hall–Kier alpha value is -1.59. The second kappa shape index (κ2) is 4.26. The zero-order valence-corrected chi connectivity index (χ0v) is 5.88. The van der Waals surface area contributed by atoms with E-state index in [9.17, 15) is 14.4 Å². The molecule has 0 heterocycles. The lowest BCUT2D eigenvalue weighted by atomic mass is 10.4. The van der Waals surface area contributed by atoms with Gasteiger partial charge >= 0.3 is 5.97 Å². The molecule has 62 valence electrons. The van der Waals surface area contributed by atoms with Gasteiger partial charge in [0.15, 0.2) is 0 Å². The average Bonchev–Trinajstić information content (AvgIpc) is 1.82. The van der Waals surface area contributed by atoms with Crippen LogP contribution < -0.4 is 10.9 Å². The zero-order chi connectivity index (χ0) is 8.85. The number of hydrazine groups is 1. The van der Waals surface area contributed by atoms with Gasteiger partial charge in [-0.05, 0) is 0 Å². The molecule has 6 nitrogen and oxygen atoms in total. The molecule has 0 saturated heterocycles. The molecule has 0 atom stereocenters. The highest BCUT2D eigenvalue weighted by Crippen LogP contribution is 1.75. The van der Waals surface area contributed by atoms with E-state index in [0.717, 1.165) is 0 Å². The number of amides is 2. The van der Waals surface area contributed by atoms with E-state index in [2.05, 4.69) is 0 Å². The molecule has 0 rings (SSSR count). The number of hydrogen-bond donors (Lipinski definition) is 3. The number of carbonyl (C=O) groups excluding carboxylic acids is 2. The van der Waals surface area contributed by atoms with Gasteiger partial charge in [0.05, 0.1) is 0 Å². The van der Waals surface area contributed by atoms with E-state index in [-0.39, 0.29) is 0 Å². The molecule has 0 bridgehead atoms. The third-order valence-corrected chi connectivity index (χ3v) is 0.690. The molecule has 0 fully saturated rings. The maximum absolute atomic E-state index is 10.5. The maximum Gasteiger partial charge on any atom is 0.312 e. The van der Waals surface area contributed by atoms with Crippen LogP contribution in [0, 0.1) is 0 Å². The number of carbonyl (C=O) groups is 3. The van der Waals surface area contributed by atoms with Crippen molar-refractivity contribution in [1.82, 2.24) is 10.9 Å². The largest absolute Gasteiger partial charge is 0.481 e. The second-order valence-corrected chi connectivity index (χ2v) is 1.80. The molecule has 0 aromatic heterocycles. The number of rotatable bonds is 2. The Bertz CT molecular complexity index is 189. The van der Waals surface area contributed by atoms with Gasteiger partial charge in [0.1, 0.15) is 6.42 Å². The highest BCUT2D eigenvalue weighted by Gasteiger charge is 2.06. The van der Waals surface area contributed by atoms with Gasteiger partial charge in [-0.15, -0.1) is 0 Å². The van der Waals surface area contributed by atoms with Crippen LogP contribution in [-0.2, 0) is 14.4 Å². The predicted octanol–water partition coefficient (Wildman–Crippen LogP) is -1.37. The van der Waals surface area contributed by atoms with Crippen molar-refractivity contribution in [2.24, 2.45) is 0 Å². The highest BCUT2D eigenvalue weighted by molar-refractivity contribution is 5.94. The fraction of sp³-hybridized carbons (Fsp3) is 0.400. The summed E-state index contributed by atoms with van der Waals surface area (Å²) in [5.74, 6) is -2.45. The van der Waals surface area contributed by atoms with Gasteiger partial charge in [-0.2, -0.15) is 0 Å². The van der Waals surface area contributed by atoms with E-state index in [1.807, 2.05) is 10.9 Å². The van der Waals surface area contributed by atoms with Crippen molar-refractivity contribution in [3.8, 4) is 0 Å². The van der Waals surface area contributed by atoms with Crippen molar-refractivity contribution < 1.29 is 19.5 Å². The summed E-state index contributed by atoms with van der Waals surface area (Å²) in [5.41, 5.74) is 3.84. The molecule has 0 aromatic rings. The highest BCUT2D eigenvalue weighted by atomic mass is 16.4. The third kappa shape index (κ3) is 6.29. The number of carboxylic acids is 1. The fourth-order valence-electron chi connectivity index (χ4n) is 0.339. The quantitative estimate of drug-likeness (QED) is 0.343. The topological polar surface area (TPSA) is 95.5 Å². The molecule has 0 aliphatic rings. The Balaban J connectivity index is 3.53. The lowest BCUT2D eigenvalue weighted by Crippen LogP contribution is -2.41. The number of carboxylic acid groups (broad SMARTS) is 1. The summed E-state index contributed by atoms with van der Waals surface area (Å²) in [6.45, 7) is 1.20. The van der Waals surface area contributed by atoms with E-state index in [0.29, 0.717) is 0 Å². The van der Waals surface area contributed by atoms with Gasteiger partial charge in [-0.25, -0.2) is 0 Å². The van der Waals surface area contributed by atoms with E-state index in [4.69, 9.17) is 5.11 Å². The summed E-state index contributed by atoms with van der Waals surface area (Å²) in [6.07, 6.45) is -0.652. The molecule has 6 heteroatoms. The minimum atomic E-state index is -1.24. The molecule has 0 aromatic carbocycles. The van der Waals surface area contributed by atoms with Gasteiger partial charge in [-0.1, -0.05) is 0 Å². The Morgan fingerprint density at radius 3 is 2.18 bits per heavy atom. The van der Waals surface area contributed by atoms with Crippen molar-refractivity contribution in [1.29, 1.82) is 0 Å². The summed E-state index contributed by atoms with van der Waals surface area (Å²) in [7, 11) is 0. The molecule has 0 unspecified atom stereocenters. The lowest BCUT2D eigenvalue weighted by molar-refractivity contribution is -0.141. The van der Waals surface area contributed by atoms with Crippen molar-refractivity contribution >= 4 is 17.8 Å². The van der Waals surface area contributed by atoms with Crippen LogP contribution in [0.5, 0.6) is 0 Å². The number of hydrogen-bond acceptors (Lipinski definition) is 3. The van der Waals surface area contributed by atoms with E-state index >= 15 is 0 Å². The first kappa shape index (κ1) is 9.41. The van der Waals surface area contributed by atoms with Crippen molar-refractivity contribution in [3.05, 3.63) is 0 Å². The summed E-state index contributed by atoms with van der Waals surface area (Å²) < 4.78 is 0. The number of nitrogens with one attached hydrogen (secondary N) is 2. The summed E-state index contributed by atoms with van der Waals surface area (Å²) in [5, 5.41) is 8.08. The normalized spacial score (nSPS) is 8.45. The zero-order valence-electron chi connectivity index (χ0n) is 5.88. The van der Waals surface area contributed by atoms with Crippen LogP contribution in [0.25, 0.3) is 0 Å². The Morgan fingerprint density at radius 1 is 1.27 bits per heavy atom. The van der Waals surface area contributed by atoms with Gasteiger partial charge in [0, 0.05) is 6.92 Å². The number of aliphatic carboxylic acids is 1. The molecule has 2 amide bonds. The van der Waals surface area contributed by atoms with Gasteiger partial charge in [-0.3, -0.25) is 25.2 Å². The minimum absolute atomic E-state index is 0.455. The predicted molar refractivity (Wildman–Crippen MR) is 34.2 cm³/mol. The summed E-state index contributed by atoms with van der Waals surface area (Å²) in [4.78, 5) is 30.5. The van der Waals surface area contributed by atoms with Crippen LogP contribution in [-0.4, -0.2) is 22.9 Å². The van der Waals surface area contributed by atoms with E-state index < -0.39 is 24.2 Å². The van der Waals surface area contributed by atoms with Crippen molar-refractivity contribution in [3.63, 3.8) is 0 Å². The van der Waals surface area contributed by atoms with Crippen LogP contribution in [0.1, 0.15) is 13.3 Å². The van der Waals surface area contributed by atoms with E-state index in [1.54, 1.807) is 0 Å². The molecule has 3 N–H and O–H groups in total. The smallest absolute Gasteiger partial charge is 0.312 e. The first-order valence-corrected chi connectivity index (χ1v) is 2.79. The second-order valence-electron chi connectivity index (χ2n) is 1.80. The molecular formula is C5H8N2O4. The minimum Gasteiger partial charge on any atom is -0.481 e. The summed E-state index contributed by atoms with van der Waals surface area (Å²) in [6, 6.07) is 0. The first-order valence-electron chi connectivity index (χ1n) is 2.79. The Morgan fingerprint density at radius 2 is 1.82 bits per heavy atom. The molecule has 0 aliphatic heterocycles. The van der Waals surface area contributed by atoms with Gasteiger partial charge in [0.2, 0.25) is 11.8 Å². The molecule has 0 saturated carbocycles. The van der Waals surface area contributed by atoms with Crippen LogP contribution >= 0.6 is 0 Å². The Labute approximate surface area is 62.5 Å². The molecule has 0 radical (unpaired) electrons. The average molecular weight is 160 g/mol. The molecule has 0 spiro atoms. The molecule has 11 heavy (non-hydrogen) atoms. The Kier molecular flexibility index (Phi) is 3.65. The van der Waals surface area contributed by atoms with Crippen LogP contribution in [0.4, 0.5) is 0 Å². The van der Waals surface area contributed by atoms with E-state index in [1.165, 1.54) is 6.92 Å². The monoisotopic (exact) mass is 160 g/mol. The van der Waals surface area contributed by atoms with Crippen LogP contribution in [0.15, 0.2) is 0 Å². The van der Waals surface area contributed by atoms with Crippen LogP contribution in [0.3, 0.4) is 0 Å². The molecular weight excluding hydrogens is 152 g/mol. The summed E-state index contributed by atoms with van der Waals surface area (Å²) >= 11 is 0. The third-order valence-electron chi connectivity index (χ3n) is 0.690. The first-order chi connectivity index (χ1) is 5.02. The van der Waals surface area contributed by atoms with Gasteiger partial charge < -0.3 is 5.11 Å². The fourth-order valence-corrected chi connectivity index (χ4v) is 0.339. The molecule has 0 aliphatic carbocycles. The van der Waals surface area contributed by atoms with Crippen molar-refractivity contribution in [2.75, 3.05) is 0 Å². The van der Waals surface area contributed by atoms with Crippen molar-refractivity contribution in [2.45, 2.75) is 13.3 Å². The standard InChI is InChI=1S/C5H8N2O4/c1-3(8)6-7-4(9)2-5(10)11/h2H2,1H3,(H,6,8)(H,7,9)(H,10,11). The maximum atomic E-state index is 10.5. The SMILES string of the molecule is CC(=O)NNC(=O)CC(=O)O.